The van der Waals surface area contributed by atoms with Gasteiger partial charge in [0.05, 0.1) is 21.7 Å². The van der Waals surface area contributed by atoms with E-state index in [-0.39, 0.29) is 16.2 Å². The van der Waals surface area contributed by atoms with Crippen molar-refractivity contribution < 1.29 is 21.2 Å². The predicted molar refractivity (Wildman–Crippen MR) is 101 cm³/mol. The van der Waals surface area contributed by atoms with E-state index in [2.05, 4.69) is 5.32 Å². The molecule has 1 aliphatic heterocycles. The number of benzene rings is 1. The molecule has 1 fully saturated rings. The van der Waals surface area contributed by atoms with Crippen molar-refractivity contribution in [1.82, 2.24) is 5.32 Å². The van der Waals surface area contributed by atoms with E-state index in [4.69, 9.17) is 0 Å². The van der Waals surface area contributed by atoms with Gasteiger partial charge in [-0.25, -0.2) is 21.2 Å². The van der Waals surface area contributed by atoms with Crippen LogP contribution in [0.1, 0.15) is 10.4 Å². The Morgan fingerprint density at radius 2 is 2.04 bits per heavy atom. The standard InChI is InChI=1S/C17H20FNO4S3/c1-12-9-13(18)4-5-16(12)26(22,23)17-11-25(20,21)10-15(17)19-7-6-14-3-2-8-24-14/h2-5,8-9,15,17,19H,6-7,10-11H2,1H3/t15-,17-/m0/s1. The van der Waals surface area contributed by atoms with Gasteiger partial charge >= 0.3 is 0 Å². The molecule has 2 heterocycles. The fraction of sp³-hybridized carbons (Fsp3) is 0.412. The minimum atomic E-state index is -3.90. The van der Waals surface area contributed by atoms with Gasteiger partial charge in [0.25, 0.3) is 0 Å². The average molecular weight is 418 g/mol. The molecule has 3 rings (SSSR count). The lowest BCUT2D eigenvalue weighted by atomic mass is 10.2. The van der Waals surface area contributed by atoms with Crippen molar-refractivity contribution in [3.63, 3.8) is 0 Å². The lowest BCUT2D eigenvalue weighted by molar-refractivity contribution is 0.528. The number of thiophene rings is 1. The van der Waals surface area contributed by atoms with Crippen molar-refractivity contribution in [2.24, 2.45) is 0 Å². The largest absolute Gasteiger partial charge is 0.311 e. The Labute approximate surface area is 157 Å². The predicted octanol–water partition coefficient (Wildman–Crippen LogP) is 1.97. The van der Waals surface area contributed by atoms with Gasteiger partial charge in [-0.15, -0.1) is 11.3 Å². The maximum Gasteiger partial charge on any atom is 0.184 e. The highest BCUT2D eigenvalue weighted by Crippen LogP contribution is 2.28. The van der Waals surface area contributed by atoms with Crippen LogP contribution in [0.2, 0.25) is 0 Å². The molecule has 0 bridgehead atoms. The SMILES string of the molecule is Cc1cc(F)ccc1S(=O)(=O)[C@H]1CS(=O)(=O)C[C@@H]1NCCc1cccs1. The van der Waals surface area contributed by atoms with E-state index in [1.165, 1.54) is 13.0 Å². The van der Waals surface area contributed by atoms with Crippen molar-refractivity contribution >= 4 is 31.0 Å². The Kier molecular flexibility index (Phi) is 5.53. The minimum Gasteiger partial charge on any atom is -0.311 e. The van der Waals surface area contributed by atoms with Gasteiger partial charge in [0.2, 0.25) is 0 Å². The normalized spacial score (nSPS) is 22.5. The average Bonchev–Trinajstić information content (AvgIpc) is 3.14. The van der Waals surface area contributed by atoms with Crippen molar-refractivity contribution in [2.45, 2.75) is 29.5 Å². The van der Waals surface area contributed by atoms with E-state index in [9.17, 15) is 21.2 Å². The van der Waals surface area contributed by atoms with Crippen LogP contribution >= 0.6 is 11.3 Å². The van der Waals surface area contributed by atoms with Crippen molar-refractivity contribution in [3.8, 4) is 0 Å². The van der Waals surface area contributed by atoms with E-state index < -0.39 is 42.5 Å². The molecular weight excluding hydrogens is 397 g/mol. The summed E-state index contributed by atoms with van der Waals surface area (Å²) in [4.78, 5) is 1.14. The molecule has 1 aliphatic rings. The molecule has 9 heteroatoms. The summed E-state index contributed by atoms with van der Waals surface area (Å²) >= 11 is 1.60. The molecule has 0 aliphatic carbocycles. The molecule has 26 heavy (non-hydrogen) atoms. The van der Waals surface area contributed by atoms with Gasteiger partial charge in [0.1, 0.15) is 5.82 Å². The van der Waals surface area contributed by atoms with E-state index in [0.717, 1.165) is 17.0 Å². The summed E-state index contributed by atoms with van der Waals surface area (Å²) in [5, 5.41) is 4.00. The lowest BCUT2D eigenvalue weighted by Gasteiger charge is -2.21. The minimum absolute atomic E-state index is 0.00828. The van der Waals surface area contributed by atoms with Crippen LogP contribution in [0.25, 0.3) is 0 Å². The molecule has 1 aromatic carbocycles. The lowest BCUT2D eigenvalue weighted by Crippen LogP contribution is -2.44. The maximum atomic E-state index is 13.3. The quantitative estimate of drug-likeness (QED) is 0.727. The fourth-order valence-electron chi connectivity index (χ4n) is 3.24. The Morgan fingerprint density at radius 1 is 1.27 bits per heavy atom. The number of rotatable bonds is 6. The van der Waals surface area contributed by atoms with Crippen LogP contribution in [0.5, 0.6) is 0 Å². The van der Waals surface area contributed by atoms with Crippen LogP contribution in [-0.2, 0) is 26.1 Å². The van der Waals surface area contributed by atoms with Crippen LogP contribution in [0, 0.1) is 12.7 Å². The first-order chi connectivity index (χ1) is 12.2. The first kappa shape index (κ1) is 19.5. The number of sulfone groups is 2. The third-order valence-corrected chi connectivity index (χ3v) is 9.75. The summed E-state index contributed by atoms with van der Waals surface area (Å²) in [5.74, 6) is -1.14. The molecule has 0 unspecified atom stereocenters. The summed E-state index contributed by atoms with van der Waals surface area (Å²) in [6.45, 7) is 2.01. The van der Waals surface area contributed by atoms with Gasteiger partial charge in [0, 0.05) is 17.5 Å². The van der Waals surface area contributed by atoms with Gasteiger partial charge in [-0.05, 0) is 48.6 Å². The smallest absolute Gasteiger partial charge is 0.184 e. The van der Waals surface area contributed by atoms with Crippen LogP contribution in [-0.4, -0.2) is 46.2 Å². The zero-order chi connectivity index (χ0) is 18.9. The van der Waals surface area contributed by atoms with E-state index >= 15 is 0 Å². The highest BCUT2D eigenvalue weighted by Gasteiger charge is 2.45. The summed E-state index contributed by atoms with van der Waals surface area (Å²) in [7, 11) is -7.35. The van der Waals surface area contributed by atoms with Crippen molar-refractivity contribution in [3.05, 3.63) is 52.0 Å². The summed E-state index contributed by atoms with van der Waals surface area (Å²) in [5.41, 5.74) is 0.284. The zero-order valence-electron chi connectivity index (χ0n) is 14.2. The molecule has 142 valence electrons. The third-order valence-electron chi connectivity index (χ3n) is 4.50. The topological polar surface area (TPSA) is 80.3 Å². The van der Waals surface area contributed by atoms with Crippen LogP contribution in [0.15, 0.2) is 40.6 Å². The fourth-order valence-corrected chi connectivity index (χ4v) is 8.89. The number of halogens is 1. The molecule has 0 radical (unpaired) electrons. The molecule has 1 aromatic heterocycles. The van der Waals surface area contributed by atoms with Crippen molar-refractivity contribution in [2.75, 3.05) is 18.1 Å². The van der Waals surface area contributed by atoms with E-state index in [0.29, 0.717) is 13.0 Å². The second kappa shape index (κ2) is 7.38. The summed E-state index contributed by atoms with van der Waals surface area (Å²) in [6.07, 6.45) is 0.705. The number of hydrogen-bond donors (Lipinski definition) is 1. The number of aryl methyl sites for hydroxylation is 1. The Hall–Kier alpha value is -1.29. The highest BCUT2D eigenvalue weighted by atomic mass is 32.2. The van der Waals surface area contributed by atoms with E-state index in [1.807, 2.05) is 17.5 Å². The van der Waals surface area contributed by atoms with Gasteiger partial charge in [-0.3, -0.25) is 0 Å². The third kappa shape index (κ3) is 4.16. The molecule has 1 N–H and O–H groups in total. The Balaban J connectivity index is 1.82. The summed E-state index contributed by atoms with van der Waals surface area (Å²) < 4.78 is 63.6. The van der Waals surface area contributed by atoms with Crippen LogP contribution in [0.4, 0.5) is 4.39 Å². The van der Waals surface area contributed by atoms with Gasteiger partial charge in [0.15, 0.2) is 19.7 Å². The maximum absolute atomic E-state index is 13.3. The first-order valence-corrected chi connectivity index (χ1v) is 12.4. The zero-order valence-corrected chi connectivity index (χ0v) is 16.6. The molecule has 2 atom stereocenters. The van der Waals surface area contributed by atoms with Crippen molar-refractivity contribution in [1.29, 1.82) is 0 Å². The monoisotopic (exact) mass is 417 g/mol. The summed E-state index contributed by atoms with van der Waals surface area (Å²) in [6, 6.07) is 6.69. The second-order valence-electron chi connectivity index (χ2n) is 6.46. The second-order valence-corrected chi connectivity index (χ2v) is 11.8. The highest BCUT2D eigenvalue weighted by molar-refractivity contribution is 7.96. The molecular formula is C17H20FNO4S3. The van der Waals surface area contributed by atoms with Crippen LogP contribution < -0.4 is 5.32 Å². The Morgan fingerprint density at radius 3 is 2.69 bits per heavy atom. The van der Waals surface area contributed by atoms with E-state index in [1.54, 1.807) is 11.3 Å². The molecule has 0 amide bonds. The van der Waals surface area contributed by atoms with Crippen LogP contribution in [0.3, 0.4) is 0 Å². The van der Waals surface area contributed by atoms with Gasteiger partial charge in [-0.1, -0.05) is 6.07 Å². The molecule has 0 spiro atoms. The molecule has 0 saturated carbocycles. The van der Waals surface area contributed by atoms with Gasteiger partial charge < -0.3 is 5.32 Å². The molecule has 2 aromatic rings. The Bertz CT molecular complexity index is 985. The first-order valence-electron chi connectivity index (χ1n) is 8.15. The molecule has 5 nitrogen and oxygen atoms in total. The number of hydrogen-bond acceptors (Lipinski definition) is 6. The number of nitrogens with one attached hydrogen (secondary N) is 1. The molecule has 1 saturated heterocycles. The van der Waals surface area contributed by atoms with Gasteiger partial charge in [-0.2, -0.15) is 0 Å².